The van der Waals surface area contributed by atoms with Crippen LogP contribution in [0.5, 0.6) is 0 Å². The fourth-order valence-electron chi connectivity index (χ4n) is 1.40. The Balaban J connectivity index is 2.76. The molecule has 0 radical (unpaired) electrons. The quantitative estimate of drug-likeness (QED) is 0.844. The SMILES string of the molecule is COCCCN(C)c1ncc(N)c(C)c1Br. The molecular weight excluding hydrogens is 270 g/mol. The number of anilines is 2. The fraction of sp³-hybridized carbons (Fsp3) is 0.545. The van der Waals surface area contributed by atoms with Crippen molar-refractivity contribution in [1.82, 2.24) is 4.98 Å². The minimum Gasteiger partial charge on any atom is -0.397 e. The van der Waals surface area contributed by atoms with Gasteiger partial charge in [0.05, 0.1) is 16.4 Å². The third kappa shape index (κ3) is 3.09. The minimum atomic E-state index is 0.709. The van der Waals surface area contributed by atoms with E-state index in [2.05, 4.69) is 25.8 Å². The van der Waals surface area contributed by atoms with E-state index in [1.807, 2.05) is 14.0 Å². The topological polar surface area (TPSA) is 51.4 Å². The molecule has 90 valence electrons. The van der Waals surface area contributed by atoms with Crippen molar-refractivity contribution in [2.45, 2.75) is 13.3 Å². The lowest BCUT2D eigenvalue weighted by molar-refractivity contribution is 0.196. The van der Waals surface area contributed by atoms with Gasteiger partial charge in [-0.2, -0.15) is 0 Å². The Morgan fingerprint density at radius 1 is 1.56 bits per heavy atom. The highest BCUT2D eigenvalue weighted by Gasteiger charge is 2.11. The predicted octanol–water partition coefficient (Wildman–Crippen LogP) is 2.21. The summed E-state index contributed by atoms with van der Waals surface area (Å²) < 4.78 is 5.99. The Kier molecular flexibility index (Phi) is 5.02. The Bertz CT molecular complexity index is 357. The van der Waals surface area contributed by atoms with Gasteiger partial charge in [0.25, 0.3) is 0 Å². The molecule has 0 bridgehead atoms. The van der Waals surface area contributed by atoms with Crippen LogP contribution in [0.15, 0.2) is 10.7 Å². The second kappa shape index (κ2) is 6.06. The van der Waals surface area contributed by atoms with Crippen molar-refractivity contribution in [3.63, 3.8) is 0 Å². The zero-order valence-corrected chi connectivity index (χ0v) is 11.5. The van der Waals surface area contributed by atoms with Gasteiger partial charge in [-0.15, -0.1) is 0 Å². The standard InChI is InChI=1S/C11H18BrN3O/c1-8-9(13)7-14-11(10(8)12)15(2)5-4-6-16-3/h7H,4-6,13H2,1-3H3. The first-order chi connectivity index (χ1) is 7.57. The molecule has 2 N–H and O–H groups in total. The molecule has 0 amide bonds. The maximum absolute atomic E-state index is 5.78. The molecule has 0 saturated carbocycles. The number of hydrogen-bond donors (Lipinski definition) is 1. The van der Waals surface area contributed by atoms with Crippen LogP contribution in [0.2, 0.25) is 0 Å². The van der Waals surface area contributed by atoms with Gasteiger partial charge >= 0.3 is 0 Å². The molecular formula is C11H18BrN3O. The number of methoxy groups -OCH3 is 1. The van der Waals surface area contributed by atoms with Gasteiger partial charge in [0.1, 0.15) is 5.82 Å². The Hall–Kier alpha value is -0.810. The van der Waals surface area contributed by atoms with Gasteiger partial charge in [0, 0.05) is 27.3 Å². The molecule has 0 spiro atoms. The molecule has 0 saturated heterocycles. The summed E-state index contributed by atoms with van der Waals surface area (Å²) in [6, 6.07) is 0. The summed E-state index contributed by atoms with van der Waals surface area (Å²) in [5, 5.41) is 0. The van der Waals surface area contributed by atoms with Gasteiger partial charge in [-0.25, -0.2) is 4.98 Å². The first kappa shape index (κ1) is 13.3. The summed E-state index contributed by atoms with van der Waals surface area (Å²) >= 11 is 3.53. The van der Waals surface area contributed by atoms with Crippen LogP contribution in [0, 0.1) is 6.92 Å². The molecule has 0 aliphatic rings. The molecule has 0 fully saturated rings. The second-order valence-corrected chi connectivity index (χ2v) is 4.54. The first-order valence-electron chi connectivity index (χ1n) is 5.18. The molecule has 1 aromatic heterocycles. The second-order valence-electron chi connectivity index (χ2n) is 3.74. The summed E-state index contributed by atoms with van der Waals surface area (Å²) in [5.41, 5.74) is 7.52. The van der Waals surface area contributed by atoms with Crippen molar-refractivity contribution in [3.05, 3.63) is 16.2 Å². The van der Waals surface area contributed by atoms with E-state index in [1.54, 1.807) is 13.3 Å². The summed E-state index contributed by atoms with van der Waals surface area (Å²) in [5.74, 6) is 0.919. The van der Waals surface area contributed by atoms with Gasteiger partial charge in [-0.3, -0.25) is 0 Å². The normalized spacial score (nSPS) is 10.5. The van der Waals surface area contributed by atoms with Crippen LogP contribution in [0.25, 0.3) is 0 Å². The van der Waals surface area contributed by atoms with E-state index >= 15 is 0 Å². The van der Waals surface area contributed by atoms with Gasteiger partial charge in [0.15, 0.2) is 0 Å². The number of halogens is 1. The highest BCUT2D eigenvalue weighted by molar-refractivity contribution is 9.10. The van der Waals surface area contributed by atoms with E-state index in [0.717, 1.165) is 35.4 Å². The number of hydrogen-bond acceptors (Lipinski definition) is 4. The molecule has 0 aliphatic heterocycles. The molecule has 1 rings (SSSR count). The van der Waals surface area contributed by atoms with Crippen molar-refractivity contribution >= 4 is 27.4 Å². The molecule has 1 heterocycles. The van der Waals surface area contributed by atoms with Gasteiger partial charge in [-0.05, 0) is 34.8 Å². The number of nitrogens with zero attached hydrogens (tertiary/aromatic N) is 2. The number of ether oxygens (including phenoxy) is 1. The Labute approximate surface area is 105 Å². The van der Waals surface area contributed by atoms with Crippen LogP contribution >= 0.6 is 15.9 Å². The number of rotatable bonds is 5. The predicted molar refractivity (Wildman–Crippen MR) is 70.8 cm³/mol. The van der Waals surface area contributed by atoms with E-state index in [1.165, 1.54) is 0 Å². The lowest BCUT2D eigenvalue weighted by Crippen LogP contribution is -2.21. The smallest absolute Gasteiger partial charge is 0.143 e. The fourth-order valence-corrected chi connectivity index (χ4v) is 2.03. The van der Waals surface area contributed by atoms with Crippen LogP contribution < -0.4 is 10.6 Å². The van der Waals surface area contributed by atoms with Crippen molar-refractivity contribution < 1.29 is 4.74 Å². The molecule has 16 heavy (non-hydrogen) atoms. The maximum Gasteiger partial charge on any atom is 0.143 e. The molecule has 0 aromatic carbocycles. The van der Waals surface area contributed by atoms with Gasteiger partial charge in [-0.1, -0.05) is 0 Å². The summed E-state index contributed by atoms with van der Waals surface area (Å²) in [6.45, 7) is 3.65. The summed E-state index contributed by atoms with van der Waals surface area (Å²) in [4.78, 5) is 6.42. The highest BCUT2D eigenvalue weighted by atomic mass is 79.9. The zero-order chi connectivity index (χ0) is 12.1. The molecule has 0 unspecified atom stereocenters. The van der Waals surface area contributed by atoms with E-state index in [9.17, 15) is 0 Å². The van der Waals surface area contributed by atoms with Gasteiger partial charge in [0.2, 0.25) is 0 Å². The maximum atomic E-state index is 5.78. The van der Waals surface area contributed by atoms with Crippen molar-refractivity contribution in [1.29, 1.82) is 0 Å². The molecule has 1 aromatic rings. The Morgan fingerprint density at radius 2 is 2.25 bits per heavy atom. The van der Waals surface area contributed by atoms with Crippen LogP contribution in [0.1, 0.15) is 12.0 Å². The molecule has 0 aliphatic carbocycles. The first-order valence-corrected chi connectivity index (χ1v) is 5.98. The number of nitrogen functional groups attached to an aromatic ring is 1. The summed E-state index contributed by atoms with van der Waals surface area (Å²) in [6.07, 6.45) is 2.67. The number of aromatic nitrogens is 1. The van der Waals surface area contributed by atoms with E-state index < -0.39 is 0 Å². The average Bonchev–Trinajstić information content (AvgIpc) is 2.26. The van der Waals surface area contributed by atoms with E-state index in [4.69, 9.17) is 10.5 Å². The van der Waals surface area contributed by atoms with Crippen molar-refractivity contribution in [3.8, 4) is 0 Å². The molecule has 0 atom stereocenters. The zero-order valence-electron chi connectivity index (χ0n) is 9.96. The van der Waals surface area contributed by atoms with Crippen LogP contribution in [0.3, 0.4) is 0 Å². The van der Waals surface area contributed by atoms with Crippen LogP contribution in [-0.4, -0.2) is 32.3 Å². The van der Waals surface area contributed by atoms with Crippen molar-refractivity contribution in [2.75, 3.05) is 37.9 Å². The third-order valence-electron chi connectivity index (χ3n) is 2.49. The van der Waals surface area contributed by atoms with Crippen LogP contribution in [-0.2, 0) is 4.74 Å². The lowest BCUT2D eigenvalue weighted by Gasteiger charge is -2.20. The van der Waals surface area contributed by atoms with E-state index in [0.29, 0.717) is 5.69 Å². The largest absolute Gasteiger partial charge is 0.397 e. The Morgan fingerprint density at radius 3 is 2.88 bits per heavy atom. The minimum absolute atomic E-state index is 0.709. The van der Waals surface area contributed by atoms with Gasteiger partial charge < -0.3 is 15.4 Å². The molecule has 5 heteroatoms. The van der Waals surface area contributed by atoms with Crippen molar-refractivity contribution in [2.24, 2.45) is 0 Å². The third-order valence-corrected chi connectivity index (χ3v) is 3.44. The highest BCUT2D eigenvalue weighted by Crippen LogP contribution is 2.29. The lowest BCUT2D eigenvalue weighted by atomic mass is 10.2. The monoisotopic (exact) mass is 287 g/mol. The molecule has 4 nitrogen and oxygen atoms in total. The summed E-state index contributed by atoms with van der Waals surface area (Å²) in [7, 11) is 3.72. The van der Waals surface area contributed by atoms with E-state index in [-0.39, 0.29) is 0 Å². The number of nitrogens with two attached hydrogens (primary N) is 1. The average molecular weight is 288 g/mol. The number of pyridine rings is 1. The van der Waals surface area contributed by atoms with Crippen LogP contribution in [0.4, 0.5) is 11.5 Å².